The summed E-state index contributed by atoms with van der Waals surface area (Å²) >= 11 is 0. The van der Waals surface area contributed by atoms with Crippen molar-refractivity contribution >= 4 is 40.3 Å². The first kappa shape index (κ1) is 18.8. The van der Waals surface area contributed by atoms with Gasteiger partial charge in [0, 0.05) is 31.9 Å². The molecule has 0 bridgehead atoms. The highest BCUT2D eigenvalue weighted by atomic mass is 16.4. The summed E-state index contributed by atoms with van der Waals surface area (Å²) in [7, 11) is 2.08. The van der Waals surface area contributed by atoms with Crippen LogP contribution in [-0.2, 0) is 0 Å². The molecule has 2 aromatic heterocycles. The van der Waals surface area contributed by atoms with Crippen molar-refractivity contribution in [1.82, 2.24) is 24.8 Å². The quantitative estimate of drug-likeness (QED) is 0.598. The number of hydrogen-bond donors (Lipinski definition) is 3. The molecule has 10 nitrogen and oxygen atoms in total. The van der Waals surface area contributed by atoms with Crippen LogP contribution in [0.15, 0.2) is 24.5 Å². The van der Waals surface area contributed by atoms with E-state index in [-0.39, 0.29) is 11.4 Å². The zero-order valence-electron chi connectivity index (χ0n) is 16.3. The number of rotatable bonds is 4. The van der Waals surface area contributed by atoms with Crippen LogP contribution in [0, 0.1) is 6.92 Å². The number of aromatic nitrogens is 4. The molecule has 3 aromatic rings. The van der Waals surface area contributed by atoms with Crippen LogP contribution in [0.25, 0.3) is 11.0 Å². The van der Waals surface area contributed by atoms with Gasteiger partial charge in [0.25, 0.3) is 0 Å². The van der Waals surface area contributed by atoms with Crippen LogP contribution < -0.4 is 16.0 Å². The molecular formula is C19H22N8O2. The van der Waals surface area contributed by atoms with E-state index < -0.39 is 5.97 Å². The number of carboxylic acid groups (broad SMARTS) is 1. The van der Waals surface area contributed by atoms with E-state index in [0.29, 0.717) is 28.5 Å². The van der Waals surface area contributed by atoms with Crippen LogP contribution in [0.1, 0.15) is 15.9 Å². The van der Waals surface area contributed by atoms with E-state index in [9.17, 15) is 9.90 Å². The first-order valence-corrected chi connectivity index (χ1v) is 9.25. The fourth-order valence-electron chi connectivity index (χ4n) is 3.21. The van der Waals surface area contributed by atoms with E-state index in [1.807, 2.05) is 6.92 Å². The molecule has 1 aliphatic heterocycles. The van der Waals surface area contributed by atoms with E-state index in [2.05, 4.69) is 42.1 Å². The molecule has 3 heterocycles. The number of benzene rings is 1. The molecular weight excluding hydrogens is 372 g/mol. The van der Waals surface area contributed by atoms with Gasteiger partial charge in [0.2, 0.25) is 5.95 Å². The lowest BCUT2D eigenvalue weighted by Gasteiger charge is -2.32. The normalized spacial score (nSPS) is 14.9. The number of piperazine rings is 1. The standard InChI is InChI=1S/C19H22N8O2/c1-11-3-4-12(18(28)29)9-13(11)23-17-15-14(21-10-22-17)16(20)25-19(24-15)27-7-5-26(2)6-8-27/h3-4,9-10H,5-8H2,1-2H3,(H,28,29)(H2,20,24,25)(H,21,22,23). The SMILES string of the molecule is Cc1ccc(C(=O)O)cc1Nc1ncnc2c(N)nc(N3CCN(C)CC3)nc12. The number of carboxylic acids is 1. The Balaban J connectivity index is 1.75. The number of likely N-dealkylation sites (N-methyl/N-ethyl adjacent to an activating group) is 1. The molecule has 10 heteroatoms. The summed E-state index contributed by atoms with van der Waals surface area (Å²) in [6, 6.07) is 4.87. The van der Waals surface area contributed by atoms with E-state index in [1.54, 1.807) is 18.2 Å². The first-order chi connectivity index (χ1) is 13.9. The lowest BCUT2D eigenvalue weighted by atomic mass is 10.1. The third-order valence-corrected chi connectivity index (χ3v) is 5.02. The number of fused-ring (bicyclic) bond motifs is 1. The summed E-state index contributed by atoms with van der Waals surface area (Å²) in [6.07, 6.45) is 1.39. The van der Waals surface area contributed by atoms with Gasteiger partial charge >= 0.3 is 5.97 Å². The molecule has 4 N–H and O–H groups in total. The Morgan fingerprint density at radius 3 is 2.62 bits per heavy atom. The highest BCUT2D eigenvalue weighted by Crippen LogP contribution is 2.28. The van der Waals surface area contributed by atoms with Gasteiger partial charge < -0.3 is 26.0 Å². The van der Waals surface area contributed by atoms with Gasteiger partial charge in [-0.05, 0) is 31.7 Å². The minimum atomic E-state index is -0.996. The lowest BCUT2D eigenvalue weighted by molar-refractivity contribution is 0.0697. The van der Waals surface area contributed by atoms with Crippen LogP contribution in [0.4, 0.5) is 23.3 Å². The molecule has 150 valence electrons. The van der Waals surface area contributed by atoms with Crippen LogP contribution in [0.3, 0.4) is 0 Å². The summed E-state index contributed by atoms with van der Waals surface area (Å²) in [5.41, 5.74) is 8.80. The molecule has 0 spiro atoms. The van der Waals surface area contributed by atoms with Crippen molar-refractivity contribution in [3.8, 4) is 0 Å². The summed E-state index contributed by atoms with van der Waals surface area (Å²) < 4.78 is 0. The average Bonchev–Trinajstić information content (AvgIpc) is 2.70. The van der Waals surface area contributed by atoms with Crippen molar-refractivity contribution in [1.29, 1.82) is 0 Å². The van der Waals surface area contributed by atoms with Crippen LogP contribution in [0.2, 0.25) is 0 Å². The minimum absolute atomic E-state index is 0.184. The van der Waals surface area contributed by atoms with Crippen LogP contribution in [-0.4, -0.2) is 69.1 Å². The Morgan fingerprint density at radius 1 is 1.14 bits per heavy atom. The molecule has 0 amide bonds. The fraction of sp³-hybridized carbons (Fsp3) is 0.316. The first-order valence-electron chi connectivity index (χ1n) is 9.25. The third kappa shape index (κ3) is 3.74. The van der Waals surface area contributed by atoms with Crippen LogP contribution in [0.5, 0.6) is 0 Å². The van der Waals surface area contributed by atoms with Crippen molar-refractivity contribution in [2.75, 3.05) is 49.2 Å². The topological polar surface area (TPSA) is 133 Å². The maximum absolute atomic E-state index is 11.3. The Hall–Kier alpha value is -3.53. The third-order valence-electron chi connectivity index (χ3n) is 5.02. The largest absolute Gasteiger partial charge is 0.478 e. The molecule has 0 atom stereocenters. The number of nitrogens with one attached hydrogen (secondary N) is 1. The smallest absolute Gasteiger partial charge is 0.335 e. The van der Waals surface area contributed by atoms with Gasteiger partial charge in [-0.1, -0.05) is 6.07 Å². The van der Waals surface area contributed by atoms with Gasteiger partial charge in [-0.3, -0.25) is 0 Å². The van der Waals surface area contributed by atoms with E-state index >= 15 is 0 Å². The van der Waals surface area contributed by atoms with Gasteiger partial charge in [0.1, 0.15) is 17.4 Å². The Bertz CT molecular complexity index is 1080. The summed E-state index contributed by atoms with van der Waals surface area (Å²) in [5.74, 6) is 0.275. The second-order valence-corrected chi connectivity index (χ2v) is 7.08. The molecule has 1 aliphatic rings. The minimum Gasteiger partial charge on any atom is -0.478 e. The Labute approximate surface area is 167 Å². The molecule has 0 unspecified atom stereocenters. The molecule has 0 aliphatic carbocycles. The number of anilines is 4. The van der Waals surface area contributed by atoms with Crippen LogP contribution >= 0.6 is 0 Å². The van der Waals surface area contributed by atoms with E-state index in [1.165, 1.54) is 6.33 Å². The predicted molar refractivity (Wildman–Crippen MR) is 111 cm³/mol. The molecule has 4 rings (SSSR count). The van der Waals surface area contributed by atoms with Crippen molar-refractivity contribution < 1.29 is 9.90 Å². The van der Waals surface area contributed by atoms with Crippen molar-refractivity contribution in [3.63, 3.8) is 0 Å². The Kier molecular flexibility index (Phi) is 4.85. The summed E-state index contributed by atoms with van der Waals surface area (Å²) in [4.78, 5) is 33.3. The number of carbonyl (C=O) groups is 1. The number of aryl methyl sites for hydroxylation is 1. The number of nitrogen functional groups attached to an aromatic ring is 1. The fourth-order valence-corrected chi connectivity index (χ4v) is 3.21. The molecule has 1 fully saturated rings. The summed E-state index contributed by atoms with van der Waals surface area (Å²) in [5, 5.41) is 12.5. The molecule has 0 radical (unpaired) electrons. The molecule has 1 saturated heterocycles. The highest BCUT2D eigenvalue weighted by Gasteiger charge is 2.20. The number of aromatic carboxylic acids is 1. The Morgan fingerprint density at radius 2 is 1.90 bits per heavy atom. The zero-order chi connectivity index (χ0) is 20.5. The van der Waals surface area contributed by atoms with Gasteiger partial charge in [-0.25, -0.2) is 19.7 Å². The summed E-state index contributed by atoms with van der Waals surface area (Å²) in [6.45, 7) is 5.32. The van der Waals surface area contributed by atoms with E-state index in [0.717, 1.165) is 31.7 Å². The molecule has 0 saturated carbocycles. The number of hydrogen-bond acceptors (Lipinski definition) is 9. The van der Waals surface area contributed by atoms with Gasteiger partial charge in [-0.2, -0.15) is 4.98 Å². The zero-order valence-corrected chi connectivity index (χ0v) is 16.3. The lowest BCUT2D eigenvalue weighted by Crippen LogP contribution is -2.45. The monoisotopic (exact) mass is 394 g/mol. The van der Waals surface area contributed by atoms with Crippen molar-refractivity contribution in [3.05, 3.63) is 35.7 Å². The number of nitrogens with two attached hydrogens (primary N) is 1. The van der Waals surface area contributed by atoms with Gasteiger partial charge in [-0.15, -0.1) is 0 Å². The maximum atomic E-state index is 11.3. The van der Waals surface area contributed by atoms with Crippen molar-refractivity contribution in [2.45, 2.75) is 6.92 Å². The second-order valence-electron chi connectivity index (χ2n) is 7.08. The molecule has 1 aromatic carbocycles. The maximum Gasteiger partial charge on any atom is 0.335 e. The van der Waals surface area contributed by atoms with Crippen molar-refractivity contribution in [2.24, 2.45) is 0 Å². The predicted octanol–water partition coefficient (Wildman–Crippen LogP) is 1.50. The second kappa shape index (κ2) is 7.47. The highest BCUT2D eigenvalue weighted by molar-refractivity contribution is 5.94. The molecule has 29 heavy (non-hydrogen) atoms. The van der Waals surface area contributed by atoms with Gasteiger partial charge in [0.05, 0.1) is 5.56 Å². The van der Waals surface area contributed by atoms with Gasteiger partial charge in [0.15, 0.2) is 11.6 Å². The number of nitrogens with zero attached hydrogens (tertiary/aromatic N) is 6. The van der Waals surface area contributed by atoms with E-state index in [4.69, 9.17) is 5.73 Å². The average molecular weight is 394 g/mol.